The number of hydrogen-bond donors (Lipinski definition) is 2. The summed E-state index contributed by atoms with van der Waals surface area (Å²) in [5, 5.41) is 12.8. The van der Waals surface area contributed by atoms with Gasteiger partial charge in [0.2, 0.25) is 16.9 Å². The van der Waals surface area contributed by atoms with E-state index in [0.29, 0.717) is 5.13 Å². The van der Waals surface area contributed by atoms with Gasteiger partial charge in [-0.1, -0.05) is 41.7 Å². The highest BCUT2D eigenvalue weighted by Crippen LogP contribution is 2.06. The maximum absolute atomic E-state index is 11.6. The van der Waals surface area contributed by atoms with Crippen molar-refractivity contribution in [2.75, 3.05) is 11.9 Å². The fraction of sp³-hybridized carbons (Fsp3) is 0.167. The second-order valence-electron chi connectivity index (χ2n) is 3.73. The Labute approximate surface area is 113 Å². The van der Waals surface area contributed by atoms with E-state index in [1.165, 1.54) is 16.8 Å². The van der Waals surface area contributed by atoms with Crippen LogP contribution in [-0.4, -0.2) is 28.6 Å². The van der Waals surface area contributed by atoms with Gasteiger partial charge < -0.3 is 5.32 Å². The fourth-order valence-corrected chi connectivity index (χ4v) is 1.87. The standard InChI is InChI=1S/C12H12N4O2S/c17-10(6-9-4-2-1-3-5-9)13-7-11(18)15-12-16-14-8-19-12/h1-5,8H,6-7H2,(H,13,17)(H,15,16,18). The molecule has 1 aromatic carbocycles. The molecule has 0 atom stereocenters. The number of nitrogens with zero attached hydrogens (tertiary/aromatic N) is 2. The summed E-state index contributed by atoms with van der Waals surface area (Å²) in [6.45, 7) is -0.0781. The predicted octanol–water partition coefficient (Wildman–Crippen LogP) is 0.835. The molecule has 2 N–H and O–H groups in total. The zero-order valence-electron chi connectivity index (χ0n) is 10.00. The van der Waals surface area contributed by atoms with Crippen LogP contribution in [0.4, 0.5) is 5.13 Å². The molecular formula is C12H12N4O2S. The highest BCUT2D eigenvalue weighted by atomic mass is 32.1. The molecule has 19 heavy (non-hydrogen) atoms. The lowest BCUT2D eigenvalue weighted by molar-refractivity contribution is -0.123. The minimum absolute atomic E-state index is 0.0781. The normalized spacial score (nSPS) is 9.89. The van der Waals surface area contributed by atoms with Gasteiger partial charge in [-0.2, -0.15) is 0 Å². The summed E-state index contributed by atoms with van der Waals surface area (Å²) in [5.41, 5.74) is 2.42. The third kappa shape index (κ3) is 4.47. The Morgan fingerprint density at radius 2 is 1.95 bits per heavy atom. The smallest absolute Gasteiger partial charge is 0.245 e. The number of aromatic nitrogens is 2. The lowest BCUT2D eigenvalue weighted by Gasteiger charge is -2.04. The third-order valence-corrected chi connectivity index (χ3v) is 2.87. The summed E-state index contributed by atoms with van der Waals surface area (Å²) >= 11 is 1.22. The van der Waals surface area contributed by atoms with Gasteiger partial charge in [0.15, 0.2) is 0 Å². The van der Waals surface area contributed by atoms with E-state index in [2.05, 4.69) is 20.8 Å². The van der Waals surface area contributed by atoms with Crippen LogP contribution in [0.5, 0.6) is 0 Å². The number of carbonyl (C=O) groups excluding carboxylic acids is 2. The summed E-state index contributed by atoms with van der Waals surface area (Å²) in [7, 11) is 0. The van der Waals surface area contributed by atoms with Gasteiger partial charge in [-0.3, -0.25) is 14.9 Å². The van der Waals surface area contributed by atoms with E-state index in [0.717, 1.165) is 5.56 Å². The topological polar surface area (TPSA) is 84.0 Å². The second-order valence-corrected chi connectivity index (χ2v) is 4.56. The molecule has 0 aliphatic carbocycles. The molecule has 2 aromatic rings. The monoisotopic (exact) mass is 276 g/mol. The Balaban J connectivity index is 1.73. The van der Waals surface area contributed by atoms with Gasteiger partial charge in [-0.25, -0.2) is 0 Å². The first kappa shape index (κ1) is 13.2. The molecule has 0 aliphatic rings. The summed E-state index contributed by atoms with van der Waals surface area (Å²) in [4.78, 5) is 23.1. The number of anilines is 1. The quantitative estimate of drug-likeness (QED) is 0.847. The Bertz CT molecular complexity index is 542. The fourth-order valence-electron chi connectivity index (χ4n) is 1.41. The van der Waals surface area contributed by atoms with Crippen LogP contribution >= 0.6 is 11.3 Å². The van der Waals surface area contributed by atoms with E-state index < -0.39 is 0 Å². The Kier molecular flexibility index (Phi) is 4.57. The molecule has 2 amide bonds. The molecule has 0 bridgehead atoms. The molecule has 7 heteroatoms. The van der Waals surface area contributed by atoms with Gasteiger partial charge in [-0.15, -0.1) is 10.2 Å². The number of hydrogen-bond acceptors (Lipinski definition) is 5. The van der Waals surface area contributed by atoms with Gasteiger partial charge in [0.1, 0.15) is 5.51 Å². The molecule has 0 saturated carbocycles. The zero-order valence-corrected chi connectivity index (χ0v) is 10.8. The van der Waals surface area contributed by atoms with Crippen molar-refractivity contribution in [3.63, 3.8) is 0 Å². The van der Waals surface area contributed by atoms with Gasteiger partial charge in [-0.05, 0) is 5.56 Å². The van der Waals surface area contributed by atoms with E-state index in [-0.39, 0.29) is 24.8 Å². The molecular weight excluding hydrogens is 264 g/mol. The van der Waals surface area contributed by atoms with Crippen molar-refractivity contribution in [3.8, 4) is 0 Å². The van der Waals surface area contributed by atoms with Crippen molar-refractivity contribution in [3.05, 3.63) is 41.4 Å². The van der Waals surface area contributed by atoms with Gasteiger partial charge >= 0.3 is 0 Å². The minimum atomic E-state index is -0.321. The Morgan fingerprint density at radius 1 is 1.16 bits per heavy atom. The maximum atomic E-state index is 11.6. The van der Waals surface area contributed by atoms with Crippen molar-refractivity contribution >= 4 is 28.3 Å². The number of amides is 2. The van der Waals surface area contributed by atoms with E-state index in [4.69, 9.17) is 0 Å². The SMILES string of the molecule is O=C(Cc1ccccc1)NCC(=O)Nc1nncs1. The molecule has 1 aromatic heterocycles. The van der Waals surface area contributed by atoms with Gasteiger partial charge in [0.05, 0.1) is 13.0 Å². The summed E-state index contributed by atoms with van der Waals surface area (Å²) in [6.07, 6.45) is 0.257. The van der Waals surface area contributed by atoms with Crippen LogP contribution in [0.3, 0.4) is 0 Å². The van der Waals surface area contributed by atoms with Crippen LogP contribution < -0.4 is 10.6 Å². The molecule has 0 saturated heterocycles. The van der Waals surface area contributed by atoms with Crippen molar-refractivity contribution in [1.29, 1.82) is 0 Å². The number of benzene rings is 1. The van der Waals surface area contributed by atoms with Crippen LogP contribution in [0.25, 0.3) is 0 Å². The average molecular weight is 276 g/mol. The van der Waals surface area contributed by atoms with Crippen LogP contribution in [-0.2, 0) is 16.0 Å². The van der Waals surface area contributed by atoms with Crippen LogP contribution in [0, 0.1) is 0 Å². The molecule has 0 radical (unpaired) electrons. The Morgan fingerprint density at radius 3 is 2.63 bits per heavy atom. The first-order valence-corrected chi connectivity index (χ1v) is 6.48. The van der Waals surface area contributed by atoms with Gasteiger partial charge in [0.25, 0.3) is 0 Å². The maximum Gasteiger partial charge on any atom is 0.245 e. The second kappa shape index (κ2) is 6.60. The van der Waals surface area contributed by atoms with E-state index >= 15 is 0 Å². The minimum Gasteiger partial charge on any atom is -0.347 e. The molecule has 0 aliphatic heterocycles. The van der Waals surface area contributed by atoms with Crippen molar-refractivity contribution < 1.29 is 9.59 Å². The molecule has 0 fully saturated rings. The Hall–Kier alpha value is -2.28. The first-order valence-electron chi connectivity index (χ1n) is 5.60. The molecule has 0 spiro atoms. The van der Waals surface area contributed by atoms with Crippen molar-refractivity contribution in [2.24, 2.45) is 0 Å². The number of carbonyl (C=O) groups is 2. The summed E-state index contributed by atoms with van der Waals surface area (Å²) < 4.78 is 0. The van der Waals surface area contributed by atoms with E-state index in [1.807, 2.05) is 30.3 Å². The largest absolute Gasteiger partial charge is 0.347 e. The van der Waals surface area contributed by atoms with E-state index in [9.17, 15) is 9.59 Å². The van der Waals surface area contributed by atoms with Gasteiger partial charge in [0, 0.05) is 0 Å². The van der Waals surface area contributed by atoms with E-state index in [1.54, 1.807) is 0 Å². The highest BCUT2D eigenvalue weighted by Gasteiger charge is 2.07. The van der Waals surface area contributed by atoms with Crippen LogP contribution in [0.2, 0.25) is 0 Å². The van der Waals surface area contributed by atoms with Crippen molar-refractivity contribution in [2.45, 2.75) is 6.42 Å². The molecule has 0 unspecified atom stereocenters. The molecule has 2 rings (SSSR count). The van der Waals surface area contributed by atoms with Crippen molar-refractivity contribution in [1.82, 2.24) is 15.5 Å². The zero-order chi connectivity index (χ0) is 13.5. The van der Waals surface area contributed by atoms with Crippen LogP contribution in [0.1, 0.15) is 5.56 Å². The predicted molar refractivity (Wildman–Crippen MR) is 71.7 cm³/mol. The first-order chi connectivity index (χ1) is 9.24. The summed E-state index contributed by atoms with van der Waals surface area (Å²) in [5.74, 6) is -0.517. The molecule has 1 heterocycles. The molecule has 98 valence electrons. The lowest BCUT2D eigenvalue weighted by Crippen LogP contribution is -2.33. The lowest BCUT2D eigenvalue weighted by atomic mass is 10.1. The average Bonchev–Trinajstić information content (AvgIpc) is 2.90. The third-order valence-electron chi connectivity index (χ3n) is 2.26. The summed E-state index contributed by atoms with van der Waals surface area (Å²) in [6, 6.07) is 9.34. The number of rotatable bonds is 5. The number of nitrogens with one attached hydrogen (secondary N) is 2. The van der Waals surface area contributed by atoms with Crippen LogP contribution in [0.15, 0.2) is 35.8 Å². The molecule has 6 nitrogen and oxygen atoms in total. The highest BCUT2D eigenvalue weighted by molar-refractivity contribution is 7.13.